The number of carboxylic acid groups (broad SMARTS) is 3. The van der Waals surface area contributed by atoms with Crippen molar-refractivity contribution in [2.75, 3.05) is 18.0 Å². The van der Waals surface area contributed by atoms with E-state index in [0.717, 1.165) is 41.0 Å². The van der Waals surface area contributed by atoms with Crippen LogP contribution in [0.1, 0.15) is 6.92 Å². The van der Waals surface area contributed by atoms with Crippen LogP contribution in [0, 0.1) is 9.20 Å². The number of carbonyl (C=O) groups is 4. The number of hydrogen-bond donors (Lipinski definition) is 3. The molecule has 1 amide bonds. The van der Waals surface area contributed by atoms with Gasteiger partial charge in [0, 0.05) is 11.4 Å². The summed E-state index contributed by atoms with van der Waals surface area (Å²) < 4.78 is 1.50. The minimum atomic E-state index is -1.40. The highest BCUT2D eigenvalue weighted by Gasteiger charge is 2.35. The maximum atomic E-state index is 13.6. The van der Waals surface area contributed by atoms with E-state index in [0.29, 0.717) is 29.6 Å². The average Bonchev–Trinajstić information content (AvgIpc) is 3.65. The van der Waals surface area contributed by atoms with Gasteiger partial charge in [0.05, 0.1) is 15.2 Å². The fourth-order valence-electron chi connectivity index (χ4n) is 4.42. The van der Waals surface area contributed by atoms with E-state index >= 15 is 0 Å². The van der Waals surface area contributed by atoms with E-state index in [4.69, 9.17) is 17.3 Å². The Bertz CT molecular complexity index is 2140. The summed E-state index contributed by atoms with van der Waals surface area (Å²) in [7, 11) is 0. The van der Waals surface area contributed by atoms with Crippen molar-refractivity contribution in [2.45, 2.75) is 24.9 Å². The molecule has 13 nitrogen and oxygen atoms in total. The van der Waals surface area contributed by atoms with E-state index in [9.17, 15) is 39.0 Å². The number of benzene rings is 1. The fourth-order valence-corrected chi connectivity index (χ4v) is 9.28. The molecule has 0 atom stereocenters. The number of thiazole rings is 2. The van der Waals surface area contributed by atoms with Crippen LogP contribution >= 0.6 is 58.4 Å². The van der Waals surface area contributed by atoms with Gasteiger partial charge in [0.1, 0.15) is 42.7 Å². The third-order valence-corrected chi connectivity index (χ3v) is 11.4. The lowest BCUT2D eigenvalue weighted by atomic mass is 10.3. The van der Waals surface area contributed by atoms with E-state index in [-0.39, 0.29) is 27.6 Å². The number of anilines is 1. The summed E-state index contributed by atoms with van der Waals surface area (Å²) in [6, 6.07) is 7.79. The Morgan fingerprint density at radius 1 is 0.818 bits per heavy atom. The highest BCUT2D eigenvalue weighted by molar-refractivity contribution is 8.30. The summed E-state index contributed by atoms with van der Waals surface area (Å²) in [5, 5.41) is 29.1. The van der Waals surface area contributed by atoms with Crippen LogP contribution in [0.15, 0.2) is 49.9 Å². The van der Waals surface area contributed by atoms with Gasteiger partial charge in [-0.15, -0.1) is 22.7 Å². The smallest absolute Gasteiger partial charge is 0.323 e. The molecule has 0 spiro atoms. The van der Waals surface area contributed by atoms with Crippen molar-refractivity contribution in [3.63, 3.8) is 0 Å². The number of fused-ring (bicyclic) bond motifs is 1. The maximum Gasteiger partial charge on any atom is 0.323 e. The number of carboxylic acids is 3. The summed E-state index contributed by atoms with van der Waals surface area (Å²) in [6.07, 6.45) is 3.28. The Labute approximate surface area is 268 Å². The van der Waals surface area contributed by atoms with Crippen molar-refractivity contribution in [1.82, 2.24) is 14.0 Å². The molecule has 2 aliphatic rings. The number of carbonyl (C=O) groups excluding carboxylic acids is 1. The normalized spacial score (nSPS) is 18.0. The highest BCUT2D eigenvalue weighted by atomic mass is 32.2. The number of nitrogens with zero attached hydrogens (tertiary/aromatic N) is 4. The van der Waals surface area contributed by atoms with Gasteiger partial charge in [-0.2, -0.15) is 0 Å². The third kappa shape index (κ3) is 5.90. The van der Waals surface area contributed by atoms with Crippen LogP contribution in [-0.4, -0.2) is 70.6 Å². The third-order valence-electron chi connectivity index (χ3n) is 6.24. The Balaban J connectivity index is 1.78. The largest absolute Gasteiger partial charge is 0.480 e. The molecular formula is C26H20N4O9S5. The Kier molecular flexibility index (Phi) is 8.98. The molecule has 0 unspecified atom stereocenters. The number of thioether (sulfide) groups is 2. The molecule has 0 saturated carbocycles. The first-order chi connectivity index (χ1) is 20.9. The SMILES string of the molecule is CCN1C(=CC=c2s/c(=c3\sc(=C4SC(=S)N(CC(=O)O)C4=O)n(CC(=O)O)c3=O)n(CC(=O)O)c2=O)Sc2ccccc21. The van der Waals surface area contributed by atoms with Crippen LogP contribution in [0.25, 0.3) is 11.0 Å². The molecule has 1 saturated heterocycles. The van der Waals surface area contributed by atoms with Gasteiger partial charge >= 0.3 is 17.9 Å². The van der Waals surface area contributed by atoms with Crippen LogP contribution in [0.4, 0.5) is 5.69 Å². The average molecular weight is 693 g/mol. The van der Waals surface area contributed by atoms with Gasteiger partial charge in [0.2, 0.25) is 0 Å². The molecule has 3 aromatic rings. The summed E-state index contributed by atoms with van der Waals surface area (Å²) in [4.78, 5) is 78.6. The summed E-state index contributed by atoms with van der Waals surface area (Å²) in [5.74, 6) is -4.89. The monoisotopic (exact) mass is 692 g/mol. The number of aliphatic carboxylic acids is 3. The van der Waals surface area contributed by atoms with Gasteiger partial charge in [-0.25, -0.2) is 0 Å². The first-order valence-corrected chi connectivity index (χ1v) is 16.2. The van der Waals surface area contributed by atoms with Crippen LogP contribution < -0.4 is 25.2 Å². The Hall–Kier alpha value is -3.97. The molecule has 0 radical (unpaired) electrons. The topological polar surface area (TPSA) is 179 Å². The minimum Gasteiger partial charge on any atom is -0.480 e. The van der Waals surface area contributed by atoms with E-state index in [1.807, 2.05) is 31.2 Å². The van der Waals surface area contributed by atoms with E-state index in [2.05, 4.69) is 4.90 Å². The van der Waals surface area contributed by atoms with Crippen LogP contribution in [-0.2, 0) is 32.3 Å². The second-order valence-corrected chi connectivity index (χ2v) is 13.8. The van der Waals surface area contributed by atoms with Gasteiger partial charge in [-0.1, -0.05) is 47.9 Å². The molecule has 4 heterocycles. The molecule has 0 bridgehead atoms. The highest BCUT2D eigenvalue weighted by Crippen LogP contribution is 2.45. The van der Waals surface area contributed by atoms with Gasteiger partial charge in [-0.3, -0.25) is 42.8 Å². The van der Waals surface area contributed by atoms with Gasteiger partial charge in [-0.05, 0) is 31.2 Å². The van der Waals surface area contributed by atoms with Crippen molar-refractivity contribution >= 4 is 103 Å². The van der Waals surface area contributed by atoms with E-state index < -0.39 is 54.6 Å². The Morgan fingerprint density at radius 3 is 2.09 bits per heavy atom. The molecule has 2 aromatic heterocycles. The lowest BCUT2D eigenvalue weighted by molar-refractivity contribution is -0.140. The molecule has 0 aliphatic carbocycles. The zero-order valence-corrected chi connectivity index (χ0v) is 26.5. The standard InChI is InChI=1S/C26H20N4O9S5/c1-2-27-12-5-3-4-6-13(12)41-15(27)8-7-14-21(37)28(9-16(31)32)24(42-14)19-22(38)29(10-17(33)34)25(43-19)20-23(39)30(11-18(35)36)26(40)44-20/h3-8H,2,9-11H2,1H3,(H,31,32)(H,33,34)(H,35,36)/b14-7?,15-8?,24-19-,25-20?. The number of rotatable bonds is 8. The van der Waals surface area contributed by atoms with Crippen LogP contribution in [0.2, 0.25) is 0 Å². The van der Waals surface area contributed by atoms with Gasteiger partial charge < -0.3 is 20.2 Å². The van der Waals surface area contributed by atoms with E-state index in [1.54, 1.807) is 12.2 Å². The Morgan fingerprint density at radius 2 is 1.45 bits per heavy atom. The summed E-state index contributed by atoms with van der Waals surface area (Å²) in [5.41, 5.74) is -0.516. The lowest BCUT2D eigenvalue weighted by Gasteiger charge is -2.17. The molecule has 3 N–H and O–H groups in total. The number of amides is 1. The van der Waals surface area contributed by atoms with Crippen molar-refractivity contribution < 1.29 is 34.5 Å². The minimum absolute atomic E-state index is 0.0295. The number of para-hydroxylation sites is 1. The molecule has 18 heteroatoms. The molecule has 5 rings (SSSR count). The summed E-state index contributed by atoms with van der Waals surface area (Å²) >= 11 is 8.92. The first kappa shape index (κ1) is 31.5. The maximum absolute atomic E-state index is 13.6. The van der Waals surface area contributed by atoms with E-state index in [1.165, 1.54) is 11.8 Å². The van der Waals surface area contributed by atoms with Gasteiger partial charge in [0.15, 0.2) is 0 Å². The molecule has 1 aromatic carbocycles. The number of aromatic nitrogens is 2. The number of allylic oxidation sites excluding steroid dienone is 1. The quantitative estimate of drug-likeness (QED) is 0.284. The predicted octanol–water partition coefficient (Wildman–Crippen LogP) is 0.896. The lowest BCUT2D eigenvalue weighted by Crippen LogP contribution is -2.35. The zero-order chi connectivity index (χ0) is 31.9. The second-order valence-electron chi connectivity index (χ2n) is 9.05. The molecule has 228 valence electrons. The fraction of sp³-hybridized carbons (Fsp3) is 0.192. The number of thiocarbonyl (C=S) groups is 1. The van der Waals surface area contributed by atoms with Crippen molar-refractivity contribution in [1.29, 1.82) is 0 Å². The molecule has 1 fully saturated rings. The second kappa shape index (κ2) is 12.6. The van der Waals surface area contributed by atoms with Crippen molar-refractivity contribution in [3.05, 3.63) is 74.5 Å². The predicted molar refractivity (Wildman–Crippen MR) is 170 cm³/mol. The zero-order valence-electron chi connectivity index (χ0n) is 22.4. The molecule has 2 aliphatic heterocycles. The van der Waals surface area contributed by atoms with Crippen LogP contribution in [0.3, 0.4) is 0 Å². The summed E-state index contributed by atoms with van der Waals surface area (Å²) in [6.45, 7) is 0.286. The van der Waals surface area contributed by atoms with Crippen molar-refractivity contribution in [2.24, 2.45) is 0 Å². The first-order valence-electron chi connectivity index (χ1n) is 12.5. The molecule has 44 heavy (non-hydrogen) atoms. The van der Waals surface area contributed by atoms with Gasteiger partial charge in [0.25, 0.3) is 17.0 Å². The number of hydrogen-bond acceptors (Lipinski definition) is 12. The van der Waals surface area contributed by atoms with Crippen LogP contribution in [0.5, 0.6) is 0 Å². The van der Waals surface area contributed by atoms with Crippen molar-refractivity contribution in [3.8, 4) is 0 Å². The molecular weight excluding hydrogens is 673 g/mol.